The number of sulfonamides is 1. The van der Waals surface area contributed by atoms with Crippen molar-refractivity contribution in [1.82, 2.24) is 10.2 Å². The highest BCUT2D eigenvalue weighted by molar-refractivity contribution is 7.92. The zero-order valence-electron chi connectivity index (χ0n) is 10.4. The molecule has 0 aliphatic rings. The van der Waals surface area contributed by atoms with Crippen LogP contribution in [0.1, 0.15) is 19.0 Å². The Bertz CT molecular complexity index is 667. The van der Waals surface area contributed by atoms with E-state index in [4.69, 9.17) is 0 Å². The van der Waals surface area contributed by atoms with Gasteiger partial charge in [-0.15, -0.1) is 0 Å². The van der Waals surface area contributed by atoms with Crippen LogP contribution in [0.3, 0.4) is 0 Å². The van der Waals surface area contributed by atoms with E-state index in [1.165, 1.54) is 18.2 Å². The van der Waals surface area contributed by atoms with Gasteiger partial charge in [0.25, 0.3) is 10.0 Å². The summed E-state index contributed by atoms with van der Waals surface area (Å²) in [5.41, 5.74) is 0.847. The molecule has 1 aromatic heterocycles. The number of rotatable bonds is 5. The highest BCUT2D eigenvalue weighted by atomic mass is 32.2. The minimum atomic E-state index is -3.81. The van der Waals surface area contributed by atoms with Gasteiger partial charge in [0.1, 0.15) is 5.82 Å². The molecule has 0 aliphatic heterocycles. The Kier molecular flexibility index (Phi) is 3.84. The third-order valence-corrected chi connectivity index (χ3v) is 3.85. The zero-order valence-corrected chi connectivity index (χ0v) is 11.2. The second-order valence-corrected chi connectivity index (χ2v) is 5.77. The number of aryl methyl sites for hydroxylation is 1. The maximum absolute atomic E-state index is 13.0. The van der Waals surface area contributed by atoms with Crippen LogP contribution < -0.4 is 4.72 Å². The molecule has 2 rings (SSSR count). The molecule has 5 nitrogen and oxygen atoms in total. The van der Waals surface area contributed by atoms with Gasteiger partial charge in [0.2, 0.25) is 0 Å². The van der Waals surface area contributed by atoms with E-state index in [0.29, 0.717) is 0 Å². The number of benzene rings is 1. The molecule has 0 bridgehead atoms. The first-order valence-corrected chi connectivity index (χ1v) is 7.32. The van der Waals surface area contributed by atoms with E-state index in [1.807, 2.05) is 6.92 Å². The largest absolute Gasteiger partial charge is 0.280 e. The monoisotopic (exact) mass is 283 g/mol. The number of hydrogen-bond acceptors (Lipinski definition) is 3. The minimum Gasteiger partial charge on any atom is -0.280 e. The Balaban J connectivity index is 2.21. The molecule has 2 aromatic rings. The predicted octanol–water partition coefficient (Wildman–Crippen LogP) is 2.30. The first kappa shape index (κ1) is 13.5. The van der Waals surface area contributed by atoms with E-state index in [1.54, 1.807) is 6.07 Å². The summed E-state index contributed by atoms with van der Waals surface area (Å²) in [6.07, 6.45) is 1.72. The maximum Gasteiger partial charge on any atom is 0.263 e. The van der Waals surface area contributed by atoms with E-state index in [0.717, 1.165) is 24.6 Å². The van der Waals surface area contributed by atoms with Crippen LogP contribution in [-0.2, 0) is 16.4 Å². The molecule has 0 atom stereocenters. The number of anilines is 1. The molecule has 2 N–H and O–H groups in total. The highest BCUT2D eigenvalue weighted by Gasteiger charge is 2.16. The molecular weight excluding hydrogens is 269 g/mol. The van der Waals surface area contributed by atoms with E-state index >= 15 is 0 Å². The summed E-state index contributed by atoms with van der Waals surface area (Å²) in [5.74, 6) is -0.399. The van der Waals surface area contributed by atoms with Crippen molar-refractivity contribution in [3.05, 3.63) is 41.8 Å². The lowest BCUT2D eigenvalue weighted by molar-refractivity contribution is 0.595. The van der Waals surface area contributed by atoms with Crippen molar-refractivity contribution >= 4 is 15.8 Å². The average Bonchev–Trinajstić information content (AvgIpc) is 2.76. The van der Waals surface area contributed by atoms with Gasteiger partial charge < -0.3 is 0 Å². The van der Waals surface area contributed by atoms with Crippen LogP contribution in [0.15, 0.2) is 35.2 Å². The summed E-state index contributed by atoms with van der Waals surface area (Å²) in [5, 5.41) is 6.60. The SMILES string of the molecule is CCCc1cc(NS(=O)(=O)c2cccc(F)c2)n[nH]1. The molecule has 0 saturated carbocycles. The Hall–Kier alpha value is -1.89. The summed E-state index contributed by atoms with van der Waals surface area (Å²) < 4.78 is 39.3. The second kappa shape index (κ2) is 5.40. The van der Waals surface area contributed by atoms with Gasteiger partial charge in [0, 0.05) is 11.8 Å². The fourth-order valence-electron chi connectivity index (χ4n) is 1.64. The third kappa shape index (κ3) is 3.31. The molecule has 1 heterocycles. The van der Waals surface area contributed by atoms with E-state index in [9.17, 15) is 12.8 Å². The molecule has 19 heavy (non-hydrogen) atoms. The third-order valence-electron chi connectivity index (χ3n) is 2.50. The number of H-pyrrole nitrogens is 1. The quantitative estimate of drug-likeness (QED) is 0.884. The van der Waals surface area contributed by atoms with Crippen LogP contribution >= 0.6 is 0 Å². The number of nitrogens with one attached hydrogen (secondary N) is 2. The number of nitrogens with zero attached hydrogens (tertiary/aromatic N) is 1. The molecule has 0 spiro atoms. The van der Waals surface area contributed by atoms with Crippen molar-refractivity contribution in [3.8, 4) is 0 Å². The Labute approximate surface area is 110 Å². The summed E-state index contributed by atoms with van der Waals surface area (Å²) in [7, 11) is -3.81. The number of halogens is 1. The number of aromatic nitrogens is 2. The van der Waals surface area contributed by atoms with Crippen LogP contribution in [-0.4, -0.2) is 18.6 Å². The van der Waals surface area contributed by atoms with Crippen LogP contribution in [0.4, 0.5) is 10.2 Å². The molecule has 7 heteroatoms. The first-order valence-electron chi connectivity index (χ1n) is 5.84. The lowest BCUT2D eigenvalue weighted by Crippen LogP contribution is -2.13. The van der Waals surface area contributed by atoms with Crippen molar-refractivity contribution in [1.29, 1.82) is 0 Å². The molecule has 1 aromatic carbocycles. The van der Waals surface area contributed by atoms with Crippen LogP contribution in [0, 0.1) is 5.82 Å². The predicted molar refractivity (Wildman–Crippen MR) is 69.8 cm³/mol. The summed E-state index contributed by atoms with van der Waals surface area (Å²) in [6.45, 7) is 2.01. The van der Waals surface area contributed by atoms with Gasteiger partial charge in [-0.2, -0.15) is 5.10 Å². The number of aromatic amines is 1. The molecular formula is C12H14FN3O2S. The van der Waals surface area contributed by atoms with Crippen LogP contribution in [0.5, 0.6) is 0 Å². The van der Waals surface area contributed by atoms with Crippen molar-refractivity contribution in [3.63, 3.8) is 0 Å². The van der Waals surface area contributed by atoms with E-state index < -0.39 is 15.8 Å². The lowest BCUT2D eigenvalue weighted by Gasteiger charge is -2.04. The molecule has 0 saturated heterocycles. The van der Waals surface area contributed by atoms with Crippen LogP contribution in [0.2, 0.25) is 0 Å². The Morgan fingerprint density at radius 2 is 2.16 bits per heavy atom. The van der Waals surface area contributed by atoms with Gasteiger partial charge in [-0.05, 0) is 24.6 Å². The lowest BCUT2D eigenvalue weighted by atomic mass is 10.2. The van der Waals surface area contributed by atoms with E-state index in [-0.39, 0.29) is 10.7 Å². The smallest absolute Gasteiger partial charge is 0.263 e. The van der Waals surface area contributed by atoms with Gasteiger partial charge in [-0.25, -0.2) is 12.8 Å². The minimum absolute atomic E-state index is 0.132. The molecule has 102 valence electrons. The first-order chi connectivity index (χ1) is 9.01. The van der Waals surface area contributed by atoms with Gasteiger partial charge >= 0.3 is 0 Å². The average molecular weight is 283 g/mol. The highest BCUT2D eigenvalue weighted by Crippen LogP contribution is 2.16. The summed E-state index contributed by atoms with van der Waals surface area (Å²) in [4.78, 5) is -0.132. The van der Waals surface area contributed by atoms with Gasteiger partial charge in [-0.1, -0.05) is 19.4 Å². The van der Waals surface area contributed by atoms with Crippen molar-refractivity contribution < 1.29 is 12.8 Å². The van der Waals surface area contributed by atoms with Crippen molar-refractivity contribution in [2.24, 2.45) is 0 Å². The van der Waals surface area contributed by atoms with Crippen molar-refractivity contribution in [2.45, 2.75) is 24.7 Å². The second-order valence-electron chi connectivity index (χ2n) is 4.09. The fourth-order valence-corrected chi connectivity index (χ4v) is 2.67. The summed E-state index contributed by atoms with van der Waals surface area (Å²) in [6, 6.07) is 6.44. The molecule has 0 aliphatic carbocycles. The fraction of sp³-hybridized carbons (Fsp3) is 0.250. The maximum atomic E-state index is 13.0. The Morgan fingerprint density at radius 1 is 1.37 bits per heavy atom. The molecule has 0 amide bonds. The number of hydrogen-bond donors (Lipinski definition) is 2. The summed E-state index contributed by atoms with van der Waals surface area (Å²) >= 11 is 0. The van der Waals surface area contributed by atoms with Gasteiger partial charge in [-0.3, -0.25) is 9.82 Å². The zero-order chi connectivity index (χ0) is 13.9. The molecule has 0 fully saturated rings. The normalized spacial score (nSPS) is 11.5. The van der Waals surface area contributed by atoms with Gasteiger partial charge in [0.15, 0.2) is 5.82 Å². The van der Waals surface area contributed by atoms with Crippen LogP contribution in [0.25, 0.3) is 0 Å². The van der Waals surface area contributed by atoms with Crippen molar-refractivity contribution in [2.75, 3.05) is 4.72 Å². The standard InChI is InChI=1S/C12H14FN3O2S/c1-2-4-10-8-12(15-14-10)16-19(17,18)11-6-3-5-9(13)7-11/h3,5-8H,2,4H2,1H3,(H2,14,15,16). The van der Waals surface area contributed by atoms with E-state index in [2.05, 4.69) is 14.9 Å². The van der Waals surface area contributed by atoms with Gasteiger partial charge in [0.05, 0.1) is 4.90 Å². The molecule has 0 radical (unpaired) electrons. The molecule has 0 unspecified atom stereocenters. The topological polar surface area (TPSA) is 74.8 Å². The Morgan fingerprint density at radius 3 is 2.84 bits per heavy atom.